The third-order valence-corrected chi connectivity index (χ3v) is 4.27. The molecule has 1 N–H and O–H groups in total. The highest BCUT2D eigenvalue weighted by Gasteiger charge is 1.96. The lowest BCUT2D eigenvalue weighted by Gasteiger charge is -2.06. The van der Waals surface area contributed by atoms with Crippen molar-refractivity contribution in [3.63, 3.8) is 0 Å². The lowest BCUT2D eigenvalue weighted by molar-refractivity contribution is -0.117. The maximum atomic E-state index is 10.8. The lowest BCUT2D eigenvalue weighted by Crippen LogP contribution is -2.16. The van der Waals surface area contributed by atoms with Crippen molar-refractivity contribution in [1.29, 1.82) is 0 Å². The molecule has 0 spiro atoms. The molecular formula is C20H41NO. The number of ketones is 1. The number of carbonyl (C=O) groups is 1. The predicted octanol–water partition coefficient (Wildman–Crippen LogP) is 5.89. The van der Waals surface area contributed by atoms with Crippen molar-refractivity contribution in [3.05, 3.63) is 0 Å². The normalized spacial score (nSPS) is 11.3. The summed E-state index contributed by atoms with van der Waals surface area (Å²) in [5.41, 5.74) is 0. The number of rotatable bonds is 17. The lowest BCUT2D eigenvalue weighted by atomic mass is 10.0. The van der Waals surface area contributed by atoms with E-state index in [4.69, 9.17) is 0 Å². The molecule has 0 aromatic heterocycles. The molecule has 0 aromatic carbocycles. The van der Waals surface area contributed by atoms with E-state index in [2.05, 4.69) is 19.2 Å². The highest BCUT2D eigenvalue weighted by molar-refractivity contribution is 5.75. The number of Topliss-reactive ketones (excluding diaryl/α,β-unsaturated/α-hetero) is 1. The molecule has 0 bridgehead atoms. The molecule has 0 aliphatic heterocycles. The third-order valence-electron chi connectivity index (χ3n) is 4.27. The molecule has 0 radical (unpaired) electrons. The van der Waals surface area contributed by atoms with Crippen molar-refractivity contribution in [1.82, 2.24) is 5.32 Å². The molecule has 0 unspecified atom stereocenters. The Labute approximate surface area is 139 Å². The van der Waals surface area contributed by atoms with E-state index in [9.17, 15) is 4.79 Å². The van der Waals surface area contributed by atoms with E-state index in [0.29, 0.717) is 5.78 Å². The zero-order chi connectivity index (χ0) is 16.5. The van der Waals surface area contributed by atoms with Gasteiger partial charge in [0.15, 0.2) is 0 Å². The van der Waals surface area contributed by atoms with Crippen LogP contribution in [0, 0.1) is 5.92 Å². The molecule has 0 aliphatic carbocycles. The van der Waals surface area contributed by atoms with Gasteiger partial charge in [-0.05, 0) is 45.2 Å². The van der Waals surface area contributed by atoms with E-state index in [-0.39, 0.29) is 0 Å². The topological polar surface area (TPSA) is 29.1 Å². The zero-order valence-corrected chi connectivity index (χ0v) is 15.6. The summed E-state index contributed by atoms with van der Waals surface area (Å²) in [5, 5.41) is 3.57. The standard InChI is InChI=1S/C20H41NO/c1-19(2)15-11-7-6-10-14-18-21-17-13-9-5-4-8-12-16-20(3)22/h19,21H,4-18H2,1-3H3. The van der Waals surface area contributed by atoms with Crippen LogP contribution in [0.15, 0.2) is 0 Å². The zero-order valence-electron chi connectivity index (χ0n) is 15.6. The minimum absolute atomic E-state index is 0.337. The van der Waals surface area contributed by atoms with Gasteiger partial charge in [0, 0.05) is 6.42 Å². The molecule has 0 saturated heterocycles. The summed E-state index contributed by atoms with van der Waals surface area (Å²) < 4.78 is 0. The first-order chi connectivity index (χ1) is 10.6. The van der Waals surface area contributed by atoms with Gasteiger partial charge in [0.1, 0.15) is 5.78 Å². The smallest absolute Gasteiger partial charge is 0.129 e. The molecule has 22 heavy (non-hydrogen) atoms. The van der Waals surface area contributed by atoms with Gasteiger partial charge in [0.2, 0.25) is 0 Å². The summed E-state index contributed by atoms with van der Waals surface area (Å²) in [6.45, 7) is 8.70. The molecule has 2 heteroatoms. The Hall–Kier alpha value is -0.370. The molecule has 2 nitrogen and oxygen atoms in total. The minimum atomic E-state index is 0.337. The van der Waals surface area contributed by atoms with Gasteiger partial charge in [-0.1, -0.05) is 71.6 Å². The van der Waals surface area contributed by atoms with E-state index in [0.717, 1.165) is 18.8 Å². The SMILES string of the molecule is CC(=O)CCCCCCCCNCCCCCCCC(C)C. The molecule has 0 rings (SSSR count). The molecule has 0 fully saturated rings. The number of unbranched alkanes of at least 4 members (excludes halogenated alkanes) is 9. The van der Waals surface area contributed by atoms with Crippen LogP contribution in [0.2, 0.25) is 0 Å². The van der Waals surface area contributed by atoms with Gasteiger partial charge in [-0.3, -0.25) is 0 Å². The quantitative estimate of drug-likeness (QED) is 0.339. The van der Waals surface area contributed by atoms with Crippen LogP contribution >= 0.6 is 0 Å². The summed E-state index contributed by atoms with van der Waals surface area (Å²) in [4.78, 5) is 10.8. The van der Waals surface area contributed by atoms with Crippen LogP contribution < -0.4 is 5.32 Å². The van der Waals surface area contributed by atoms with Crippen LogP contribution in [0.5, 0.6) is 0 Å². The van der Waals surface area contributed by atoms with Crippen molar-refractivity contribution >= 4 is 5.78 Å². The highest BCUT2D eigenvalue weighted by atomic mass is 16.1. The molecule has 0 aromatic rings. The average Bonchev–Trinajstić information content (AvgIpc) is 2.46. The Morgan fingerprint density at radius 3 is 1.68 bits per heavy atom. The molecule has 0 saturated carbocycles. The van der Waals surface area contributed by atoms with Crippen molar-refractivity contribution < 1.29 is 4.79 Å². The van der Waals surface area contributed by atoms with Crippen molar-refractivity contribution in [2.45, 2.75) is 104 Å². The van der Waals surface area contributed by atoms with E-state index >= 15 is 0 Å². The van der Waals surface area contributed by atoms with Gasteiger partial charge in [-0.2, -0.15) is 0 Å². The van der Waals surface area contributed by atoms with Gasteiger partial charge in [-0.25, -0.2) is 0 Å². The van der Waals surface area contributed by atoms with Crippen molar-refractivity contribution in [2.24, 2.45) is 5.92 Å². The van der Waals surface area contributed by atoms with E-state index in [1.807, 2.05) is 0 Å². The first-order valence-corrected chi connectivity index (χ1v) is 9.83. The van der Waals surface area contributed by atoms with Crippen molar-refractivity contribution in [3.8, 4) is 0 Å². The Balaban J connectivity index is 2.98. The fourth-order valence-electron chi connectivity index (χ4n) is 2.79. The maximum Gasteiger partial charge on any atom is 0.129 e. The molecule has 132 valence electrons. The summed E-state index contributed by atoms with van der Waals surface area (Å²) >= 11 is 0. The Bertz CT molecular complexity index is 238. The largest absolute Gasteiger partial charge is 0.317 e. The summed E-state index contributed by atoms with van der Waals surface area (Å²) in [6.07, 6.45) is 16.7. The van der Waals surface area contributed by atoms with E-state index < -0.39 is 0 Å². The van der Waals surface area contributed by atoms with Gasteiger partial charge < -0.3 is 10.1 Å². The number of hydrogen-bond donors (Lipinski definition) is 1. The fraction of sp³-hybridized carbons (Fsp3) is 0.950. The van der Waals surface area contributed by atoms with Crippen LogP contribution in [0.3, 0.4) is 0 Å². The van der Waals surface area contributed by atoms with Crippen LogP contribution in [-0.4, -0.2) is 18.9 Å². The second-order valence-electron chi connectivity index (χ2n) is 7.27. The van der Waals surface area contributed by atoms with Crippen LogP contribution in [0.1, 0.15) is 104 Å². The molecule has 0 heterocycles. The first kappa shape index (κ1) is 21.6. The van der Waals surface area contributed by atoms with Gasteiger partial charge >= 0.3 is 0 Å². The van der Waals surface area contributed by atoms with E-state index in [1.54, 1.807) is 6.92 Å². The Morgan fingerprint density at radius 2 is 1.18 bits per heavy atom. The Kier molecular flexibility index (Phi) is 16.7. The summed E-state index contributed by atoms with van der Waals surface area (Å²) in [7, 11) is 0. The van der Waals surface area contributed by atoms with Crippen LogP contribution in [0.4, 0.5) is 0 Å². The van der Waals surface area contributed by atoms with Gasteiger partial charge in [0.05, 0.1) is 0 Å². The predicted molar refractivity (Wildman–Crippen MR) is 98.4 cm³/mol. The molecular weight excluding hydrogens is 270 g/mol. The van der Waals surface area contributed by atoms with Crippen LogP contribution in [0.25, 0.3) is 0 Å². The average molecular weight is 312 g/mol. The molecule has 0 atom stereocenters. The highest BCUT2D eigenvalue weighted by Crippen LogP contribution is 2.10. The van der Waals surface area contributed by atoms with Crippen molar-refractivity contribution in [2.75, 3.05) is 13.1 Å². The maximum absolute atomic E-state index is 10.8. The second kappa shape index (κ2) is 17.0. The summed E-state index contributed by atoms with van der Waals surface area (Å²) in [6, 6.07) is 0. The fourth-order valence-corrected chi connectivity index (χ4v) is 2.79. The van der Waals surface area contributed by atoms with Crippen LogP contribution in [-0.2, 0) is 4.79 Å². The summed E-state index contributed by atoms with van der Waals surface area (Å²) in [5.74, 6) is 1.21. The first-order valence-electron chi connectivity index (χ1n) is 9.83. The second-order valence-corrected chi connectivity index (χ2v) is 7.27. The number of hydrogen-bond acceptors (Lipinski definition) is 2. The molecule has 0 aliphatic rings. The number of nitrogens with one attached hydrogen (secondary N) is 1. The van der Waals surface area contributed by atoms with E-state index in [1.165, 1.54) is 83.7 Å². The third kappa shape index (κ3) is 19.6. The Morgan fingerprint density at radius 1 is 0.727 bits per heavy atom. The van der Waals surface area contributed by atoms with Gasteiger partial charge in [-0.15, -0.1) is 0 Å². The van der Waals surface area contributed by atoms with Gasteiger partial charge in [0.25, 0.3) is 0 Å². The minimum Gasteiger partial charge on any atom is -0.317 e. The molecule has 0 amide bonds. The monoisotopic (exact) mass is 311 g/mol. The number of carbonyl (C=O) groups excluding carboxylic acids is 1.